The number of aromatic nitrogens is 3. The van der Waals surface area contributed by atoms with Gasteiger partial charge in [0.1, 0.15) is 6.33 Å². The first-order valence-electron chi connectivity index (χ1n) is 5.91. The van der Waals surface area contributed by atoms with Crippen LogP contribution in [0, 0.1) is 0 Å². The lowest BCUT2D eigenvalue weighted by atomic mass is 9.99. The molecule has 2 amide bonds. The maximum Gasteiger partial charge on any atom is 0.315 e. The van der Waals surface area contributed by atoms with Crippen molar-refractivity contribution >= 4 is 12.0 Å². The number of carboxylic acid groups (broad SMARTS) is 1. The summed E-state index contributed by atoms with van der Waals surface area (Å²) in [6, 6.07) is -0.372. The average molecular weight is 269 g/mol. The van der Waals surface area contributed by atoms with E-state index in [9.17, 15) is 9.59 Å². The second-order valence-electron chi connectivity index (χ2n) is 4.92. The van der Waals surface area contributed by atoms with Gasteiger partial charge in [-0.3, -0.25) is 9.48 Å². The molecule has 0 spiro atoms. The van der Waals surface area contributed by atoms with E-state index in [-0.39, 0.29) is 19.0 Å². The SMILES string of the molecule is Cn1cnc(CNC(=O)NC(C)(C)CCC(=O)O)n1. The number of nitrogens with zero attached hydrogens (tertiary/aromatic N) is 3. The summed E-state index contributed by atoms with van der Waals surface area (Å²) in [6.07, 6.45) is 1.92. The van der Waals surface area contributed by atoms with Crippen LogP contribution in [-0.4, -0.2) is 37.4 Å². The normalized spacial score (nSPS) is 11.1. The lowest BCUT2D eigenvalue weighted by Gasteiger charge is -2.25. The highest BCUT2D eigenvalue weighted by Gasteiger charge is 2.21. The molecule has 3 N–H and O–H groups in total. The maximum absolute atomic E-state index is 11.7. The summed E-state index contributed by atoms with van der Waals surface area (Å²) >= 11 is 0. The van der Waals surface area contributed by atoms with Crippen molar-refractivity contribution in [3.05, 3.63) is 12.2 Å². The Balaban J connectivity index is 2.35. The van der Waals surface area contributed by atoms with E-state index in [0.29, 0.717) is 12.2 Å². The van der Waals surface area contributed by atoms with Gasteiger partial charge in [0, 0.05) is 19.0 Å². The molecule has 1 rings (SSSR count). The van der Waals surface area contributed by atoms with E-state index in [1.165, 1.54) is 0 Å². The Morgan fingerprint density at radius 1 is 1.47 bits per heavy atom. The van der Waals surface area contributed by atoms with E-state index in [1.54, 1.807) is 31.9 Å². The van der Waals surface area contributed by atoms with Crippen molar-refractivity contribution in [3.63, 3.8) is 0 Å². The Hall–Kier alpha value is -2.12. The number of carbonyl (C=O) groups is 2. The molecule has 0 bridgehead atoms. The van der Waals surface area contributed by atoms with Crippen molar-refractivity contribution < 1.29 is 14.7 Å². The second-order valence-corrected chi connectivity index (χ2v) is 4.92. The molecule has 8 nitrogen and oxygen atoms in total. The fourth-order valence-electron chi connectivity index (χ4n) is 1.46. The second kappa shape index (κ2) is 6.17. The first kappa shape index (κ1) is 14.9. The van der Waals surface area contributed by atoms with Crippen molar-refractivity contribution in [2.75, 3.05) is 0 Å². The number of aliphatic carboxylic acids is 1. The highest BCUT2D eigenvalue weighted by Crippen LogP contribution is 2.10. The van der Waals surface area contributed by atoms with E-state index in [4.69, 9.17) is 5.11 Å². The maximum atomic E-state index is 11.7. The van der Waals surface area contributed by atoms with Gasteiger partial charge in [0.25, 0.3) is 0 Å². The molecule has 0 atom stereocenters. The molecule has 0 aliphatic heterocycles. The number of amides is 2. The zero-order valence-electron chi connectivity index (χ0n) is 11.3. The summed E-state index contributed by atoms with van der Waals surface area (Å²) in [7, 11) is 1.74. The van der Waals surface area contributed by atoms with Gasteiger partial charge in [-0.1, -0.05) is 0 Å². The molecule has 0 saturated heterocycles. The van der Waals surface area contributed by atoms with Crippen molar-refractivity contribution in [1.29, 1.82) is 0 Å². The van der Waals surface area contributed by atoms with Crippen LogP contribution >= 0.6 is 0 Å². The van der Waals surface area contributed by atoms with Gasteiger partial charge in [-0.2, -0.15) is 5.10 Å². The number of carboxylic acids is 1. The van der Waals surface area contributed by atoms with Crippen LogP contribution in [0.3, 0.4) is 0 Å². The van der Waals surface area contributed by atoms with Crippen molar-refractivity contribution in [3.8, 4) is 0 Å². The Labute approximate surface area is 111 Å². The zero-order chi connectivity index (χ0) is 14.5. The fourth-order valence-corrected chi connectivity index (χ4v) is 1.46. The van der Waals surface area contributed by atoms with E-state index in [2.05, 4.69) is 20.7 Å². The molecule has 0 unspecified atom stereocenters. The molecule has 0 aliphatic carbocycles. The first-order chi connectivity index (χ1) is 8.78. The molecule has 8 heteroatoms. The van der Waals surface area contributed by atoms with Gasteiger partial charge in [-0.15, -0.1) is 0 Å². The molecule has 1 heterocycles. The summed E-state index contributed by atoms with van der Waals surface area (Å²) in [5.74, 6) is -0.367. The summed E-state index contributed by atoms with van der Waals surface area (Å²) in [6.45, 7) is 3.77. The molecule has 1 aromatic heterocycles. The number of hydrogen-bond donors (Lipinski definition) is 3. The standard InChI is InChI=1S/C11H19N5O3/c1-11(2,5-4-9(17)18)14-10(19)12-6-8-13-7-16(3)15-8/h7H,4-6H2,1-3H3,(H,17,18)(H2,12,14,19). The van der Waals surface area contributed by atoms with Crippen LogP contribution in [0.15, 0.2) is 6.33 Å². The Morgan fingerprint density at radius 3 is 2.68 bits per heavy atom. The first-order valence-corrected chi connectivity index (χ1v) is 5.91. The van der Waals surface area contributed by atoms with Crippen LogP contribution < -0.4 is 10.6 Å². The molecule has 0 aromatic carbocycles. The molecular weight excluding hydrogens is 250 g/mol. The van der Waals surface area contributed by atoms with Gasteiger partial charge in [-0.25, -0.2) is 9.78 Å². The smallest absolute Gasteiger partial charge is 0.315 e. The number of urea groups is 1. The van der Waals surface area contributed by atoms with Gasteiger partial charge in [0.05, 0.1) is 6.54 Å². The third kappa shape index (κ3) is 5.84. The highest BCUT2D eigenvalue weighted by molar-refractivity contribution is 5.74. The van der Waals surface area contributed by atoms with E-state index >= 15 is 0 Å². The van der Waals surface area contributed by atoms with Crippen molar-refractivity contribution in [2.45, 2.75) is 38.8 Å². The predicted molar refractivity (Wildman–Crippen MR) is 67.3 cm³/mol. The topological polar surface area (TPSA) is 109 Å². The van der Waals surface area contributed by atoms with Crippen LogP contribution in [0.2, 0.25) is 0 Å². The number of rotatable bonds is 6. The van der Waals surface area contributed by atoms with Gasteiger partial charge in [0.15, 0.2) is 5.82 Å². The minimum atomic E-state index is -0.882. The minimum absolute atomic E-state index is 0.00900. The monoisotopic (exact) mass is 269 g/mol. The Bertz CT molecular complexity index is 455. The molecule has 0 fully saturated rings. The lowest BCUT2D eigenvalue weighted by molar-refractivity contribution is -0.137. The zero-order valence-corrected chi connectivity index (χ0v) is 11.3. The summed E-state index contributed by atoms with van der Waals surface area (Å²) < 4.78 is 1.55. The molecule has 0 aliphatic rings. The lowest BCUT2D eigenvalue weighted by Crippen LogP contribution is -2.48. The number of nitrogens with one attached hydrogen (secondary N) is 2. The highest BCUT2D eigenvalue weighted by atomic mass is 16.4. The fraction of sp³-hybridized carbons (Fsp3) is 0.636. The summed E-state index contributed by atoms with van der Waals surface area (Å²) in [5.41, 5.74) is -0.583. The van der Waals surface area contributed by atoms with Gasteiger partial charge in [-0.05, 0) is 20.3 Å². The quantitative estimate of drug-likeness (QED) is 0.686. The third-order valence-corrected chi connectivity index (χ3v) is 2.47. The van der Waals surface area contributed by atoms with Crippen LogP contribution in [0.5, 0.6) is 0 Å². The number of carbonyl (C=O) groups excluding carboxylic acids is 1. The molecule has 0 radical (unpaired) electrons. The summed E-state index contributed by atoms with van der Waals surface area (Å²) in [5, 5.41) is 18.0. The predicted octanol–water partition coefficient (Wildman–Crippen LogP) is 0.258. The van der Waals surface area contributed by atoms with Crippen LogP contribution in [0.4, 0.5) is 4.79 Å². The third-order valence-electron chi connectivity index (χ3n) is 2.47. The van der Waals surface area contributed by atoms with E-state index < -0.39 is 11.5 Å². The molecular formula is C11H19N5O3. The average Bonchev–Trinajstić information content (AvgIpc) is 2.69. The Kier molecular flexibility index (Phi) is 4.85. The number of aryl methyl sites for hydroxylation is 1. The minimum Gasteiger partial charge on any atom is -0.481 e. The number of hydrogen-bond acceptors (Lipinski definition) is 4. The van der Waals surface area contributed by atoms with Gasteiger partial charge < -0.3 is 15.7 Å². The van der Waals surface area contributed by atoms with Crippen LogP contribution in [0.1, 0.15) is 32.5 Å². The van der Waals surface area contributed by atoms with Crippen molar-refractivity contribution in [1.82, 2.24) is 25.4 Å². The largest absolute Gasteiger partial charge is 0.481 e. The van der Waals surface area contributed by atoms with Crippen LogP contribution in [0.25, 0.3) is 0 Å². The van der Waals surface area contributed by atoms with E-state index in [0.717, 1.165) is 0 Å². The van der Waals surface area contributed by atoms with Gasteiger partial charge in [0.2, 0.25) is 0 Å². The van der Waals surface area contributed by atoms with Crippen molar-refractivity contribution in [2.24, 2.45) is 7.05 Å². The van der Waals surface area contributed by atoms with E-state index in [1.807, 2.05) is 0 Å². The Morgan fingerprint density at radius 2 is 2.16 bits per heavy atom. The summed E-state index contributed by atoms with van der Waals surface area (Å²) in [4.78, 5) is 26.1. The van der Waals surface area contributed by atoms with Crippen LogP contribution in [-0.2, 0) is 18.4 Å². The molecule has 106 valence electrons. The van der Waals surface area contributed by atoms with Gasteiger partial charge >= 0.3 is 12.0 Å². The molecule has 0 saturated carbocycles. The molecule has 1 aromatic rings. The molecule has 19 heavy (non-hydrogen) atoms.